The highest BCUT2D eigenvalue weighted by Gasteiger charge is 2.39. The molecule has 0 saturated heterocycles. The van der Waals surface area contributed by atoms with Crippen LogP contribution in [-0.4, -0.2) is 17.2 Å². The average molecular weight is 341 g/mol. The summed E-state index contributed by atoms with van der Waals surface area (Å²) in [6, 6.07) is 16.0. The molecule has 0 bridgehead atoms. The van der Waals surface area contributed by atoms with Crippen LogP contribution in [0.15, 0.2) is 54.6 Å². The molecule has 0 aliphatic rings. The number of alkyl carbamates (subject to hydrolysis) is 1. The second-order valence-electron chi connectivity index (χ2n) is 6.58. The van der Waals surface area contributed by atoms with Crippen molar-refractivity contribution in [3.05, 3.63) is 71.3 Å². The number of benzene rings is 2. The number of amides is 1. The lowest BCUT2D eigenvalue weighted by molar-refractivity contribution is -0.148. The number of carboxylic acid groups (broad SMARTS) is 1. The van der Waals surface area contributed by atoms with Gasteiger partial charge in [-0.1, -0.05) is 60.2 Å². The molecule has 0 aliphatic heterocycles. The second kappa shape index (κ2) is 7.83. The predicted molar refractivity (Wildman–Crippen MR) is 95.1 cm³/mol. The van der Waals surface area contributed by atoms with Gasteiger partial charge in [0.15, 0.2) is 0 Å². The number of ether oxygens (including phenoxy) is 1. The highest BCUT2D eigenvalue weighted by molar-refractivity contribution is 5.77. The maximum absolute atomic E-state index is 12.2. The Balaban J connectivity index is 2.14. The van der Waals surface area contributed by atoms with Crippen molar-refractivity contribution >= 4 is 12.1 Å². The van der Waals surface area contributed by atoms with Crippen LogP contribution in [0.25, 0.3) is 0 Å². The number of carbonyl (C=O) groups is 2. The molecule has 0 fully saturated rings. The molecule has 2 aromatic carbocycles. The Labute approximate surface area is 147 Å². The quantitative estimate of drug-likeness (QED) is 0.830. The summed E-state index contributed by atoms with van der Waals surface area (Å²) < 4.78 is 5.24. The number of carboxylic acids is 1. The van der Waals surface area contributed by atoms with Gasteiger partial charge >= 0.3 is 12.1 Å². The zero-order valence-electron chi connectivity index (χ0n) is 14.7. The first kappa shape index (κ1) is 18.5. The first-order valence-electron chi connectivity index (χ1n) is 8.08. The largest absolute Gasteiger partial charge is 0.481 e. The molecule has 132 valence electrons. The Kier molecular flexibility index (Phi) is 5.80. The topological polar surface area (TPSA) is 75.6 Å². The number of aliphatic carboxylic acids is 1. The molecule has 0 radical (unpaired) electrons. The Morgan fingerprint density at radius 2 is 1.68 bits per heavy atom. The van der Waals surface area contributed by atoms with E-state index >= 15 is 0 Å². The first-order valence-corrected chi connectivity index (χ1v) is 8.08. The fraction of sp³-hybridized carbons (Fsp3) is 0.300. The van der Waals surface area contributed by atoms with Gasteiger partial charge < -0.3 is 15.2 Å². The Bertz CT molecular complexity index is 723. The van der Waals surface area contributed by atoms with E-state index in [1.807, 2.05) is 61.5 Å². The van der Waals surface area contributed by atoms with E-state index in [1.165, 1.54) is 0 Å². The van der Waals surface area contributed by atoms with E-state index in [9.17, 15) is 14.7 Å². The van der Waals surface area contributed by atoms with Gasteiger partial charge in [-0.05, 0) is 31.9 Å². The first-order chi connectivity index (χ1) is 11.8. The van der Waals surface area contributed by atoms with Crippen molar-refractivity contribution in [1.29, 1.82) is 0 Å². The van der Waals surface area contributed by atoms with Crippen molar-refractivity contribution in [2.75, 3.05) is 0 Å². The maximum atomic E-state index is 12.2. The van der Waals surface area contributed by atoms with E-state index < -0.39 is 23.5 Å². The molecule has 0 spiro atoms. The van der Waals surface area contributed by atoms with Crippen molar-refractivity contribution in [2.24, 2.45) is 5.41 Å². The molecule has 5 nitrogen and oxygen atoms in total. The van der Waals surface area contributed by atoms with Crippen molar-refractivity contribution in [3.8, 4) is 0 Å². The van der Waals surface area contributed by atoms with Gasteiger partial charge in [-0.2, -0.15) is 0 Å². The number of carbonyl (C=O) groups excluding carboxylic acids is 1. The molecule has 1 amide bonds. The van der Waals surface area contributed by atoms with Gasteiger partial charge in [0.1, 0.15) is 6.61 Å². The van der Waals surface area contributed by atoms with Crippen molar-refractivity contribution < 1.29 is 19.4 Å². The highest BCUT2D eigenvalue weighted by Crippen LogP contribution is 2.34. The summed E-state index contributed by atoms with van der Waals surface area (Å²) in [5, 5.41) is 12.3. The standard InChI is InChI=1S/C20H23NO4/c1-14-9-11-16(12-10-14)17(20(2,3)18(22)23)21-19(24)25-13-15-7-5-4-6-8-15/h4-12,17H,13H2,1-3H3,(H,21,24)(H,22,23)/t17-/m1/s1. The van der Waals surface area contributed by atoms with E-state index in [2.05, 4.69) is 5.32 Å². The molecular weight excluding hydrogens is 318 g/mol. The van der Waals surface area contributed by atoms with Gasteiger partial charge in [0.2, 0.25) is 0 Å². The molecule has 25 heavy (non-hydrogen) atoms. The second-order valence-corrected chi connectivity index (χ2v) is 6.58. The number of nitrogens with one attached hydrogen (secondary N) is 1. The van der Waals surface area contributed by atoms with E-state index in [4.69, 9.17) is 4.74 Å². The predicted octanol–water partition coefficient (Wildman–Crippen LogP) is 4.07. The van der Waals surface area contributed by atoms with Crippen molar-refractivity contribution in [2.45, 2.75) is 33.4 Å². The summed E-state index contributed by atoms with van der Waals surface area (Å²) in [4.78, 5) is 23.9. The van der Waals surface area contributed by atoms with Crippen LogP contribution in [0.5, 0.6) is 0 Å². The van der Waals surface area contributed by atoms with Gasteiger partial charge in [-0.15, -0.1) is 0 Å². The summed E-state index contributed by atoms with van der Waals surface area (Å²) in [5.74, 6) is -0.999. The molecule has 2 rings (SSSR count). The van der Waals surface area contributed by atoms with Crippen LogP contribution in [0.3, 0.4) is 0 Å². The van der Waals surface area contributed by atoms with Crippen LogP contribution in [-0.2, 0) is 16.1 Å². The molecule has 0 unspecified atom stereocenters. The van der Waals surface area contributed by atoms with Crippen LogP contribution in [0.4, 0.5) is 4.79 Å². The van der Waals surface area contributed by atoms with Crippen LogP contribution in [0.1, 0.15) is 36.6 Å². The fourth-order valence-electron chi connectivity index (χ4n) is 2.45. The van der Waals surface area contributed by atoms with Gasteiger partial charge in [0.25, 0.3) is 0 Å². The third kappa shape index (κ3) is 4.83. The summed E-state index contributed by atoms with van der Waals surface area (Å²) >= 11 is 0. The Morgan fingerprint density at radius 1 is 1.08 bits per heavy atom. The molecule has 2 N–H and O–H groups in total. The minimum Gasteiger partial charge on any atom is -0.481 e. The average Bonchev–Trinajstić information content (AvgIpc) is 2.59. The summed E-state index contributed by atoms with van der Waals surface area (Å²) in [6.45, 7) is 5.23. The fourth-order valence-corrected chi connectivity index (χ4v) is 2.45. The summed E-state index contributed by atoms with van der Waals surface area (Å²) in [6.07, 6.45) is -0.649. The van der Waals surface area contributed by atoms with Gasteiger partial charge in [-0.3, -0.25) is 4.79 Å². The van der Waals surface area contributed by atoms with Crippen LogP contribution in [0.2, 0.25) is 0 Å². The summed E-state index contributed by atoms with van der Waals surface area (Å²) in [5.41, 5.74) is 1.44. The number of rotatable bonds is 6. The molecule has 2 aromatic rings. The van der Waals surface area contributed by atoms with E-state index in [0.29, 0.717) is 0 Å². The Morgan fingerprint density at radius 3 is 2.24 bits per heavy atom. The zero-order chi connectivity index (χ0) is 18.4. The SMILES string of the molecule is Cc1ccc([C@@H](NC(=O)OCc2ccccc2)C(C)(C)C(=O)O)cc1. The van der Waals surface area contributed by atoms with Crippen LogP contribution >= 0.6 is 0 Å². The molecule has 0 aromatic heterocycles. The smallest absolute Gasteiger partial charge is 0.407 e. The molecule has 1 atom stereocenters. The minimum atomic E-state index is -1.19. The lowest BCUT2D eigenvalue weighted by atomic mass is 9.80. The molecular formula is C20H23NO4. The van der Waals surface area contributed by atoms with Crippen LogP contribution < -0.4 is 5.32 Å². The van der Waals surface area contributed by atoms with Gasteiger partial charge in [0, 0.05) is 0 Å². The molecule has 0 aliphatic carbocycles. The molecule has 0 saturated carbocycles. The lowest BCUT2D eigenvalue weighted by Gasteiger charge is -2.31. The number of hydrogen-bond acceptors (Lipinski definition) is 3. The van der Waals surface area contributed by atoms with E-state index in [1.54, 1.807) is 13.8 Å². The highest BCUT2D eigenvalue weighted by atomic mass is 16.5. The minimum absolute atomic E-state index is 0.126. The molecule has 5 heteroatoms. The zero-order valence-corrected chi connectivity index (χ0v) is 14.7. The monoisotopic (exact) mass is 341 g/mol. The number of aryl methyl sites for hydroxylation is 1. The molecule has 0 heterocycles. The van der Waals surface area contributed by atoms with Crippen molar-refractivity contribution in [1.82, 2.24) is 5.32 Å². The van der Waals surface area contributed by atoms with Crippen LogP contribution in [0, 0.1) is 12.3 Å². The maximum Gasteiger partial charge on any atom is 0.407 e. The normalized spacial score (nSPS) is 12.3. The summed E-state index contributed by atoms with van der Waals surface area (Å²) in [7, 11) is 0. The lowest BCUT2D eigenvalue weighted by Crippen LogP contribution is -2.42. The van der Waals surface area contributed by atoms with Gasteiger partial charge in [0.05, 0.1) is 11.5 Å². The number of hydrogen-bond donors (Lipinski definition) is 2. The Hall–Kier alpha value is -2.82. The third-order valence-electron chi connectivity index (χ3n) is 4.16. The van der Waals surface area contributed by atoms with E-state index in [-0.39, 0.29) is 6.61 Å². The third-order valence-corrected chi connectivity index (χ3v) is 4.16. The van der Waals surface area contributed by atoms with Crippen molar-refractivity contribution in [3.63, 3.8) is 0 Å². The van der Waals surface area contributed by atoms with E-state index in [0.717, 1.165) is 16.7 Å². The van der Waals surface area contributed by atoms with Gasteiger partial charge in [-0.25, -0.2) is 4.79 Å².